The minimum Gasteiger partial charge on any atom is -0.495 e. The first-order valence-corrected chi connectivity index (χ1v) is 8.63. The number of methoxy groups -OCH3 is 1. The molecule has 1 atom stereocenters. The maximum atomic E-state index is 12.5. The molecule has 0 aromatic heterocycles. The van der Waals surface area contributed by atoms with Crippen molar-refractivity contribution in [2.75, 3.05) is 18.6 Å². The molecule has 1 fully saturated rings. The first kappa shape index (κ1) is 18.0. The Kier molecular flexibility index (Phi) is 4.98. The summed E-state index contributed by atoms with van der Waals surface area (Å²) < 4.78 is 10.9. The van der Waals surface area contributed by atoms with E-state index in [1.807, 2.05) is 51.1 Å². The molecule has 5 nitrogen and oxygen atoms in total. The lowest BCUT2D eigenvalue weighted by atomic mass is 10.1. The molecule has 26 heavy (non-hydrogen) atoms. The molecule has 3 rings (SSSR count). The van der Waals surface area contributed by atoms with E-state index in [-0.39, 0.29) is 18.3 Å². The van der Waals surface area contributed by atoms with Crippen molar-refractivity contribution in [3.8, 4) is 11.5 Å². The van der Waals surface area contributed by atoms with Crippen LogP contribution in [-0.2, 0) is 9.59 Å². The Labute approximate surface area is 153 Å². The molecule has 0 radical (unpaired) electrons. The summed E-state index contributed by atoms with van der Waals surface area (Å²) in [6.07, 6.45) is 0.140. The number of aryl methyl sites for hydroxylation is 3. The summed E-state index contributed by atoms with van der Waals surface area (Å²) >= 11 is 0. The Balaban J connectivity index is 1.76. The zero-order valence-corrected chi connectivity index (χ0v) is 15.5. The van der Waals surface area contributed by atoms with Crippen LogP contribution in [0.4, 0.5) is 5.69 Å². The second kappa shape index (κ2) is 7.20. The van der Waals surface area contributed by atoms with Crippen molar-refractivity contribution in [3.05, 3.63) is 53.1 Å². The van der Waals surface area contributed by atoms with E-state index in [1.165, 1.54) is 0 Å². The van der Waals surface area contributed by atoms with E-state index in [2.05, 4.69) is 0 Å². The van der Waals surface area contributed by atoms with Gasteiger partial charge in [-0.25, -0.2) is 0 Å². The maximum absolute atomic E-state index is 12.5. The molecular formula is C21H23NO4. The number of carbonyl (C=O) groups excluding carboxylic acids is 2. The Bertz CT molecular complexity index is 859. The maximum Gasteiger partial charge on any atom is 0.316 e. The molecular weight excluding hydrogens is 330 g/mol. The highest BCUT2D eigenvalue weighted by Crippen LogP contribution is 2.34. The van der Waals surface area contributed by atoms with Crippen molar-refractivity contribution in [3.63, 3.8) is 0 Å². The molecule has 2 aromatic rings. The molecule has 1 aliphatic heterocycles. The highest BCUT2D eigenvalue weighted by molar-refractivity contribution is 6.00. The van der Waals surface area contributed by atoms with Crippen molar-refractivity contribution < 1.29 is 19.1 Å². The minimum atomic E-state index is -0.491. The average molecular weight is 353 g/mol. The van der Waals surface area contributed by atoms with Crippen molar-refractivity contribution in [2.45, 2.75) is 27.2 Å². The Morgan fingerprint density at radius 1 is 1.08 bits per heavy atom. The standard InChI is InChI=1S/C21H23NO4/c1-13-5-8-19(25-4)18(9-13)22-12-16(11-20(22)23)21(24)26-17-7-6-14(2)15(3)10-17/h5-10,16H,11-12H2,1-4H3/t16-/m0/s1. The van der Waals surface area contributed by atoms with Crippen molar-refractivity contribution >= 4 is 17.6 Å². The van der Waals surface area contributed by atoms with Crippen molar-refractivity contribution in [1.82, 2.24) is 0 Å². The largest absolute Gasteiger partial charge is 0.495 e. The van der Waals surface area contributed by atoms with Gasteiger partial charge >= 0.3 is 5.97 Å². The van der Waals surface area contributed by atoms with Gasteiger partial charge in [-0.3, -0.25) is 9.59 Å². The normalized spacial score (nSPS) is 16.7. The van der Waals surface area contributed by atoms with Gasteiger partial charge in [-0.05, 0) is 61.7 Å². The molecule has 0 N–H and O–H groups in total. The van der Waals surface area contributed by atoms with E-state index >= 15 is 0 Å². The molecule has 136 valence electrons. The molecule has 0 unspecified atom stereocenters. The van der Waals surface area contributed by atoms with E-state index in [1.54, 1.807) is 18.1 Å². The van der Waals surface area contributed by atoms with Gasteiger partial charge in [0.15, 0.2) is 0 Å². The zero-order valence-electron chi connectivity index (χ0n) is 15.5. The number of carbonyl (C=O) groups is 2. The summed E-state index contributed by atoms with van der Waals surface area (Å²) in [5.74, 6) is 0.158. The smallest absolute Gasteiger partial charge is 0.316 e. The molecule has 1 heterocycles. The molecule has 0 bridgehead atoms. The van der Waals surface area contributed by atoms with Crippen LogP contribution in [0.2, 0.25) is 0 Å². The van der Waals surface area contributed by atoms with Crippen LogP contribution in [0.5, 0.6) is 11.5 Å². The molecule has 1 saturated heterocycles. The monoisotopic (exact) mass is 353 g/mol. The third-order valence-corrected chi connectivity index (χ3v) is 4.78. The lowest BCUT2D eigenvalue weighted by Gasteiger charge is -2.20. The van der Waals surface area contributed by atoms with Crippen LogP contribution in [0.15, 0.2) is 36.4 Å². The van der Waals surface area contributed by atoms with Gasteiger partial charge in [0, 0.05) is 13.0 Å². The topological polar surface area (TPSA) is 55.8 Å². The van der Waals surface area contributed by atoms with Gasteiger partial charge in [0.05, 0.1) is 18.7 Å². The highest BCUT2D eigenvalue weighted by Gasteiger charge is 2.37. The summed E-state index contributed by atoms with van der Waals surface area (Å²) in [5.41, 5.74) is 3.91. The Morgan fingerprint density at radius 3 is 2.54 bits per heavy atom. The molecule has 0 spiro atoms. The SMILES string of the molecule is COc1ccc(C)cc1N1C[C@@H](C(=O)Oc2ccc(C)c(C)c2)CC1=O. The summed E-state index contributed by atoms with van der Waals surface area (Å²) in [5, 5.41) is 0. The van der Waals surface area contributed by atoms with Gasteiger partial charge in [-0.1, -0.05) is 12.1 Å². The lowest BCUT2D eigenvalue weighted by Crippen LogP contribution is -2.27. The van der Waals surface area contributed by atoms with Crippen LogP contribution in [0.25, 0.3) is 0 Å². The number of benzene rings is 2. The fourth-order valence-corrected chi connectivity index (χ4v) is 3.09. The van der Waals surface area contributed by atoms with Gasteiger partial charge in [0.1, 0.15) is 11.5 Å². The number of hydrogen-bond acceptors (Lipinski definition) is 4. The van der Waals surface area contributed by atoms with Crippen molar-refractivity contribution in [1.29, 1.82) is 0 Å². The van der Waals surface area contributed by atoms with Crippen LogP contribution in [-0.4, -0.2) is 25.5 Å². The first-order valence-electron chi connectivity index (χ1n) is 8.63. The highest BCUT2D eigenvalue weighted by atomic mass is 16.5. The fraction of sp³-hybridized carbons (Fsp3) is 0.333. The lowest BCUT2D eigenvalue weighted by molar-refractivity contribution is -0.139. The van der Waals surface area contributed by atoms with E-state index in [4.69, 9.17) is 9.47 Å². The number of anilines is 1. The second-order valence-corrected chi connectivity index (χ2v) is 6.75. The summed E-state index contributed by atoms with van der Waals surface area (Å²) in [6, 6.07) is 11.2. The Hall–Kier alpha value is -2.82. The van der Waals surface area contributed by atoms with E-state index in [9.17, 15) is 9.59 Å². The quantitative estimate of drug-likeness (QED) is 0.623. The molecule has 2 aromatic carbocycles. The molecule has 0 saturated carbocycles. The number of esters is 1. The first-order chi connectivity index (χ1) is 12.4. The van der Waals surface area contributed by atoms with Crippen LogP contribution in [0.1, 0.15) is 23.1 Å². The van der Waals surface area contributed by atoms with Crippen LogP contribution in [0.3, 0.4) is 0 Å². The van der Waals surface area contributed by atoms with Crippen LogP contribution >= 0.6 is 0 Å². The van der Waals surface area contributed by atoms with Gasteiger partial charge in [-0.15, -0.1) is 0 Å². The molecule has 5 heteroatoms. The van der Waals surface area contributed by atoms with Gasteiger partial charge in [0.2, 0.25) is 5.91 Å². The summed E-state index contributed by atoms with van der Waals surface area (Å²) in [6.45, 7) is 6.22. The van der Waals surface area contributed by atoms with Crippen molar-refractivity contribution in [2.24, 2.45) is 5.92 Å². The zero-order chi connectivity index (χ0) is 18.8. The second-order valence-electron chi connectivity index (χ2n) is 6.75. The molecule has 1 aliphatic rings. The molecule has 0 aliphatic carbocycles. The third-order valence-electron chi connectivity index (χ3n) is 4.78. The predicted molar refractivity (Wildman–Crippen MR) is 99.7 cm³/mol. The van der Waals surface area contributed by atoms with Gasteiger partial charge in [0.25, 0.3) is 0 Å². The van der Waals surface area contributed by atoms with E-state index < -0.39 is 5.92 Å². The number of hydrogen-bond donors (Lipinski definition) is 0. The number of nitrogens with zero attached hydrogens (tertiary/aromatic N) is 1. The number of ether oxygens (including phenoxy) is 2. The summed E-state index contributed by atoms with van der Waals surface area (Å²) in [4.78, 5) is 26.6. The van der Waals surface area contributed by atoms with E-state index in [0.29, 0.717) is 23.7 Å². The van der Waals surface area contributed by atoms with Crippen LogP contribution in [0, 0.1) is 26.7 Å². The number of amides is 1. The average Bonchev–Trinajstić information content (AvgIpc) is 3.00. The summed E-state index contributed by atoms with van der Waals surface area (Å²) in [7, 11) is 1.57. The predicted octanol–water partition coefficient (Wildman–Crippen LogP) is 3.58. The van der Waals surface area contributed by atoms with Gasteiger partial charge in [-0.2, -0.15) is 0 Å². The third kappa shape index (κ3) is 3.57. The minimum absolute atomic E-state index is 0.101. The van der Waals surface area contributed by atoms with E-state index in [0.717, 1.165) is 16.7 Å². The van der Waals surface area contributed by atoms with Crippen LogP contribution < -0.4 is 14.4 Å². The van der Waals surface area contributed by atoms with Gasteiger partial charge < -0.3 is 14.4 Å². The molecule has 1 amide bonds. The number of rotatable bonds is 4. The Morgan fingerprint density at radius 2 is 1.85 bits per heavy atom. The fourth-order valence-electron chi connectivity index (χ4n) is 3.09.